The monoisotopic (exact) mass is 202 g/mol. The van der Waals surface area contributed by atoms with Crippen molar-refractivity contribution in [3.05, 3.63) is 36.8 Å². The summed E-state index contributed by atoms with van der Waals surface area (Å²) in [5.41, 5.74) is 2.48. The van der Waals surface area contributed by atoms with E-state index in [0.717, 1.165) is 11.3 Å². The van der Waals surface area contributed by atoms with Crippen LogP contribution in [0.2, 0.25) is 0 Å². The van der Waals surface area contributed by atoms with Crippen LogP contribution in [0.25, 0.3) is 11.3 Å². The molecule has 0 radical (unpaired) electrons. The van der Waals surface area contributed by atoms with Gasteiger partial charge in [0, 0.05) is 7.05 Å². The second-order valence-electron chi connectivity index (χ2n) is 3.39. The summed E-state index contributed by atoms with van der Waals surface area (Å²) >= 11 is 0. The molecule has 0 saturated heterocycles. The summed E-state index contributed by atoms with van der Waals surface area (Å²) in [5.74, 6) is 0. The van der Waals surface area contributed by atoms with Gasteiger partial charge in [0.25, 0.3) is 0 Å². The van der Waals surface area contributed by atoms with E-state index < -0.39 is 7.12 Å². The van der Waals surface area contributed by atoms with E-state index in [4.69, 9.17) is 10.0 Å². The zero-order chi connectivity index (χ0) is 10.8. The standard InChI is InChI=1S/C10H11BN2O2/c1-13-7-12-6-10(13)8-2-4-9(5-3-8)11(14)15/h2-7,14-15H,1H3. The lowest BCUT2D eigenvalue weighted by molar-refractivity contribution is 0.426. The maximum absolute atomic E-state index is 8.94. The molecule has 0 atom stereocenters. The van der Waals surface area contributed by atoms with Gasteiger partial charge < -0.3 is 14.6 Å². The van der Waals surface area contributed by atoms with Crippen LogP contribution in [-0.2, 0) is 7.05 Å². The summed E-state index contributed by atoms with van der Waals surface area (Å²) < 4.78 is 1.91. The number of aryl methyl sites for hydroxylation is 1. The smallest absolute Gasteiger partial charge is 0.423 e. The third-order valence-electron chi connectivity index (χ3n) is 2.32. The van der Waals surface area contributed by atoms with Gasteiger partial charge in [0.2, 0.25) is 0 Å². The molecule has 2 N–H and O–H groups in total. The molecule has 5 heteroatoms. The van der Waals surface area contributed by atoms with Crippen molar-refractivity contribution < 1.29 is 10.0 Å². The first kappa shape index (κ1) is 9.95. The molecule has 4 nitrogen and oxygen atoms in total. The van der Waals surface area contributed by atoms with Crippen LogP contribution in [0, 0.1) is 0 Å². The second kappa shape index (κ2) is 3.88. The molecular formula is C10H11BN2O2. The van der Waals surface area contributed by atoms with Crippen LogP contribution in [0.5, 0.6) is 0 Å². The van der Waals surface area contributed by atoms with Crippen molar-refractivity contribution in [3.63, 3.8) is 0 Å². The highest BCUT2D eigenvalue weighted by Gasteiger charge is 2.10. The highest BCUT2D eigenvalue weighted by Crippen LogP contribution is 2.16. The van der Waals surface area contributed by atoms with Gasteiger partial charge >= 0.3 is 7.12 Å². The molecule has 1 heterocycles. The van der Waals surface area contributed by atoms with Crippen LogP contribution in [0.1, 0.15) is 0 Å². The van der Waals surface area contributed by atoms with E-state index in [0.29, 0.717) is 5.46 Å². The highest BCUT2D eigenvalue weighted by molar-refractivity contribution is 6.58. The number of rotatable bonds is 2. The zero-order valence-corrected chi connectivity index (χ0v) is 8.33. The van der Waals surface area contributed by atoms with E-state index >= 15 is 0 Å². The molecule has 0 aliphatic carbocycles. The fourth-order valence-corrected chi connectivity index (χ4v) is 1.46. The Morgan fingerprint density at radius 1 is 1.20 bits per heavy atom. The van der Waals surface area contributed by atoms with Crippen molar-refractivity contribution in [1.82, 2.24) is 9.55 Å². The van der Waals surface area contributed by atoms with Crippen molar-refractivity contribution in [1.29, 1.82) is 0 Å². The number of hydrogen-bond acceptors (Lipinski definition) is 3. The SMILES string of the molecule is Cn1cncc1-c1ccc(B(O)O)cc1. The molecule has 0 fully saturated rings. The first-order valence-electron chi connectivity index (χ1n) is 4.61. The molecule has 0 aliphatic rings. The molecule has 15 heavy (non-hydrogen) atoms. The van der Waals surface area contributed by atoms with Crippen molar-refractivity contribution in [3.8, 4) is 11.3 Å². The normalized spacial score (nSPS) is 10.3. The minimum atomic E-state index is -1.41. The third-order valence-corrected chi connectivity index (χ3v) is 2.32. The Hall–Kier alpha value is -1.59. The summed E-state index contributed by atoms with van der Waals surface area (Å²) in [6.45, 7) is 0. The van der Waals surface area contributed by atoms with Gasteiger partial charge in [0.05, 0.1) is 18.2 Å². The van der Waals surface area contributed by atoms with E-state index in [1.54, 1.807) is 24.7 Å². The molecule has 0 saturated carbocycles. The fraction of sp³-hybridized carbons (Fsp3) is 0.100. The number of hydrogen-bond donors (Lipinski definition) is 2. The predicted molar refractivity (Wildman–Crippen MR) is 58.5 cm³/mol. The van der Waals surface area contributed by atoms with Crippen LogP contribution in [-0.4, -0.2) is 26.7 Å². The van der Waals surface area contributed by atoms with Gasteiger partial charge in [-0.25, -0.2) is 4.98 Å². The summed E-state index contributed by atoms with van der Waals surface area (Å²) in [6.07, 6.45) is 3.49. The quantitative estimate of drug-likeness (QED) is 0.661. The largest absolute Gasteiger partial charge is 0.488 e. The molecule has 1 aromatic heterocycles. The molecule has 1 aromatic carbocycles. The highest BCUT2D eigenvalue weighted by atomic mass is 16.4. The number of benzene rings is 1. The van der Waals surface area contributed by atoms with Crippen LogP contribution < -0.4 is 5.46 Å². The lowest BCUT2D eigenvalue weighted by Crippen LogP contribution is -2.29. The van der Waals surface area contributed by atoms with Gasteiger partial charge in [-0.1, -0.05) is 24.3 Å². The maximum atomic E-state index is 8.94. The average molecular weight is 202 g/mol. The van der Waals surface area contributed by atoms with Crippen LogP contribution in [0.15, 0.2) is 36.8 Å². The fourth-order valence-electron chi connectivity index (χ4n) is 1.46. The van der Waals surface area contributed by atoms with Gasteiger partial charge in [-0.15, -0.1) is 0 Å². The Kier molecular flexibility index (Phi) is 2.57. The molecule has 2 rings (SSSR count). The topological polar surface area (TPSA) is 58.3 Å². The second-order valence-corrected chi connectivity index (χ2v) is 3.39. The lowest BCUT2D eigenvalue weighted by Gasteiger charge is -2.03. The van der Waals surface area contributed by atoms with E-state index in [1.807, 2.05) is 23.7 Å². The third kappa shape index (κ3) is 1.93. The number of aromatic nitrogens is 2. The van der Waals surface area contributed by atoms with Gasteiger partial charge in [-0.05, 0) is 11.0 Å². The summed E-state index contributed by atoms with van der Waals surface area (Å²) in [4.78, 5) is 4.02. The van der Waals surface area contributed by atoms with Crippen LogP contribution >= 0.6 is 0 Å². The Labute approximate surface area is 88.0 Å². The van der Waals surface area contributed by atoms with Gasteiger partial charge in [-0.2, -0.15) is 0 Å². The van der Waals surface area contributed by atoms with Gasteiger partial charge in [-0.3, -0.25) is 0 Å². The van der Waals surface area contributed by atoms with Crippen LogP contribution in [0.3, 0.4) is 0 Å². The van der Waals surface area contributed by atoms with Crippen molar-refractivity contribution in [2.45, 2.75) is 0 Å². The van der Waals surface area contributed by atoms with Crippen LogP contribution in [0.4, 0.5) is 0 Å². The van der Waals surface area contributed by atoms with Gasteiger partial charge in [0.1, 0.15) is 0 Å². The first-order chi connectivity index (χ1) is 7.18. The molecule has 0 bridgehead atoms. The Bertz CT molecular complexity index is 451. The van der Waals surface area contributed by atoms with Crippen molar-refractivity contribution in [2.75, 3.05) is 0 Å². The Morgan fingerprint density at radius 3 is 2.33 bits per heavy atom. The summed E-state index contributed by atoms with van der Waals surface area (Å²) in [7, 11) is 0.502. The van der Waals surface area contributed by atoms with Gasteiger partial charge in [0.15, 0.2) is 0 Å². The van der Waals surface area contributed by atoms with E-state index in [1.165, 1.54) is 0 Å². The minimum absolute atomic E-state index is 0.487. The van der Waals surface area contributed by atoms with E-state index in [-0.39, 0.29) is 0 Å². The van der Waals surface area contributed by atoms with E-state index in [9.17, 15) is 0 Å². The summed E-state index contributed by atoms with van der Waals surface area (Å²) in [5, 5.41) is 17.9. The van der Waals surface area contributed by atoms with Crippen molar-refractivity contribution in [2.24, 2.45) is 7.05 Å². The molecule has 0 amide bonds. The average Bonchev–Trinajstić information content (AvgIpc) is 2.65. The van der Waals surface area contributed by atoms with Crippen molar-refractivity contribution >= 4 is 12.6 Å². The Balaban J connectivity index is 2.36. The summed E-state index contributed by atoms with van der Waals surface area (Å²) in [6, 6.07) is 7.05. The minimum Gasteiger partial charge on any atom is -0.423 e. The lowest BCUT2D eigenvalue weighted by atomic mass is 9.80. The first-order valence-corrected chi connectivity index (χ1v) is 4.61. The maximum Gasteiger partial charge on any atom is 0.488 e. The predicted octanol–water partition coefficient (Wildman–Crippen LogP) is -0.233. The van der Waals surface area contributed by atoms with E-state index in [2.05, 4.69) is 4.98 Å². The molecule has 2 aromatic rings. The number of nitrogens with zero attached hydrogens (tertiary/aromatic N) is 2. The molecule has 76 valence electrons. The number of imidazole rings is 1. The molecule has 0 aliphatic heterocycles. The zero-order valence-electron chi connectivity index (χ0n) is 8.33. The molecule has 0 spiro atoms. The molecule has 0 unspecified atom stereocenters. The molecular weight excluding hydrogens is 191 g/mol. The Morgan fingerprint density at radius 2 is 1.87 bits per heavy atom.